The summed E-state index contributed by atoms with van der Waals surface area (Å²) in [6.07, 6.45) is 3.81. The van der Waals surface area contributed by atoms with Crippen molar-refractivity contribution in [2.24, 2.45) is 5.92 Å². The standard InChI is InChI=1S/C29H27Cl2N5OS/c1-17(2)28(37)33-23-12-10-20(16-22(23)31)36-27(26(34-29(36)38)24-7-4-5-13-32-24)25-8-6-14-35(25)19-9-11-21(30)18(3)15-19/h4-17,26-27H,1-3H3,(H,33,37)(H,34,38)/t26-,27+/m1/s1. The van der Waals surface area contributed by atoms with Crippen molar-refractivity contribution >= 4 is 57.8 Å². The summed E-state index contributed by atoms with van der Waals surface area (Å²) in [5.41, 5.74) is 5.24. The van der Waals surface area contributed by atoms with Gasteiger partial charge in [0, 0.05) is 40.4 Å². The van der Waals surface area contributed by atoms with Crippen LogP contribution in [0, 0.1) is 12.8 Å². The minimum atomic E-state index is -0.240. The highest BCUT2D eigenvalue weighted by Gasteiger charge is 2.42. The normalized spacial score (nSPS) is 17.1. The number of nitrogens with zero attached hydrogens (tertiary/aromatic N) is 3. The maximum Gasteiger partial charge on any atom is 0.226 e. The smallest absolute Gasteiger partial charge is 0.226 e. The Kier molecular flexibility index (Phi) is 7.43. The summed E-state index contributed by atoms with van der Waals surface area (Å²) >= 11 is 18.8. The summed E-state index contributed by atoms with van der Waals surface area (Å²) in [6, 6.07) is 21.1. The van der Waals surface area contributed by atoms with Crippen molar-refractivity contribution in [3.05, 3.63) is 106 Å². The first-order chi connectivity index (χ1) is 18.2. The van der Waals surface area contributed by atoms with Crippen LogP contribution in [0.1, 0.15) is 42.9 Å². The predicted molar refractivity (Wildman–Crippen MR) is 158 cm³/mol. The van der Waals surface area contributed by atoms with E-state index in [1.54, 1.807) is 6.20 Å². The zero-order valence-electron chi connectivity index (χ0n) is 21.2. The molecule has 1 saturated heterocycles. The summed E-state index contributed by atoms with van der Waals surface area (Å²) in [5.74, 6) is -0.254. The fourth-order valence-electron chi connectivity index (χ4n) is 4.61. The van der Waals surface area contributed by atoms with Crippen molar-refractivity contribution in [1.82, 2.24) is 14.9 Å². The minimum absolute atomic E-state index is 0.0952. The molecule has 0 spiro atoms. The number of pyridine rings is 1. The van der Waals surface area contributed by atoms with Crippen molar-refractivity contribution in [2.75, 3.05) is 10.2 Å². The van der Waals surface area contributed by atoms with Gasteiger partial charge in [-0.1, -0.05) is 43.1 Å². The Balaban J connectivity index is 1.61. The minimum Gasteiger partial charge on any atom is -0.351 e. The highest BCUT2D eigenvalue weighted by Crippen LogP contribution is 2.43. The molecule has 5 rings (SSSR count). The number of anilines is 2. The van der Waals surface area contributed by atoms with Crippen LogP contribution >= 0.6 is 35.4 Å². The molecule has 4 aromatic rings. The number of aromatic nitrogens is 2. The molecule has 0 unspecified atom stereocenters. The van der Waals surface area contributed by atoms with Crippen LogP contribution < -0.4 is 15.5 Å². The molecule has 0 aliphatic carbocycles. The molecule has 0 radical (unpaired) electrons. The quantitative estimate of drug-likeness (QED) is 0.242. The molecule has 2 N–H and O–H groups in total. The maximum atomic E-state index is 12.3. The first-order valence-electron chi connectivity index (χ1n) is 12.3. The van der Waals surface area contributed by atoms with E-state index in [1.165, 1.54) is 0 Å². The van der Waals surface area contributed by atoms with Crippen LogP contribution in [-0.4, -0.2) is 20.6 Å². The molecule has 38 heavy (non-hydrogen) atoms. The number of hydrogen-bond donors (Lipinski definition) is 2. The van der Waals surface area contributed by atoms with E-state index in [1.807, 2.05) is 81.6 Å². The first-order valence-corrected chi connectivity index (χ1v) is 13.5. The van der Waals surface area contributed by atoms with Crippen LogP contribution in [0.2, 0.25) is 10.0 Å². The Morgan fingerprint density at radius 1 is 1.03 bits per heavy atom. The molecule has 194 valence electrons. The van der Waals surface area contributed by atoms with Crippen LogP contribution in [0.15, 0.2) is 79.1 Å². The predicted octanol–water partition coefficient (Wildman–Crippen LogP) is 7.26. The lowest BCUT2D eigenvalue weighted by Crippen LogP contribution is -2.30. The molecule has 1 fully saturated rings. The van der Waals surface area contributed by atoms with Gasteiger partial charge >= 0.3 is 0 Å². The molecule has 9 heteroatoms. The molecule has 0 bridgehead atoms. The Labute approximate surface area is 237 Å². The van der Waals surface area contributed by atoms with Gasteiger partial charge in [-0.05, 0) is 85.4 Å². The van der Waals surface area contributed by atoms with Gasteiger partial charge in [-0.25, -0.2) is 0 Å². The number of aryl methyl sites for hydroxylation is 1. The molecule has 2 atom stereocenters. The number of rotatable bonds is 6. The fourth-order valence-corrected chi connectivity index (χ4v) is 5.30. The SMILES string of the molecule is Cc1cc(-n2cccc2[C@H]2[C@@H](c3ccccn3)NC(=S)N2c2ccc(NC(=O)C(C)C)c(Cl)c2)ccc1Cl. The molecule has 1 amide bonds. The van der Waals surface area contributed by atoms with E-state index in [4.69, 9.17) is 35.4 Å². The third kappa shape index (κ3) is 5.01. The number of amides is 1. The van der Waals surface area contributed by atoms with Crippen molar-refractivity contribution in [3.63, 3.8) is 0 Å². The lowest BCUT2D eigenvalue weighted by molar-refractivity contribution is -0.118. The van der Waals surface area contributed by atoms with Gasteiger partial charge in [0.05, 0.1) is 22.4 Å². The summed E-state index contributed by atoms with van der Waals surface area (Å²) in [5, 5.41) is 8.09. The average Bonchev–Trinajstić information content (AvgIpc) is 3.51. The third-order valence-corrected chi connectivity index (χ3v) is 7.67. The van der Waals surface area contributed by atoms with Crippen LogP contribution in [0.3, 0.4) is 0 Å². The lowest BCUT2D eigenvalue weighted by Gasteiger charge is -2.29. The second-order valence-corrected chi connectivity index (χ2v) is 10.7. The molecule has 6 nitrogen and oxygen atoms in total. The van der Waals surface area contributed by atoms with Gasteiger partial charge in [0.2, 0.25) is 5.91 Å². The number of carbonyl (C=O) groups excluding carboxylic acids is 1. The number of halogens is 2. The van der Waals surface area contributed by atoms with Crippen LogP contribution in [0.5, 0.6) is 0 Å². The van der Waals surface area contributed by atoms with Crippen LogP contribution in [0.25, 0.3) is 5.69 Å². The maximum absolute atomic E-state index is 12.3. The van der Waals surface area contributed by atoms with Crippen molar-refractivity contribution < 1.29 is 4.79 Å². The van der Waals surface area contributed by atoms with E-state index < -0.39 is 0 Å². The van der Waals surface area contributed by atoms with E-state index >= 15 is 0 Å². The second-order valence-electron chi connectivity index (χ2n) is 9.54. The van der Waals surface area contributed by atoms with Gasteiger partial charge in [0.25, 0.3) is 0 Å². The van der Waals surface area contributed by atoms with E-state index in [9.17, 15) is 4.79 Å². The Morgan fingerprint density at radius 3 is 2.50 bits per heavy atom. The lowest BCUT2D eigenvalue weighted by atomic mass is 10.0. The first kappa shape index (κ1) is 26.2. The third-order valence-electron chi connectivity index (χ3n) is 6.61. The highest BCUT2D eigenvalue weighted by atomic mass is 35.5. The number of benzene rings is 2. The largest absolute Gasteiger partial charge is 0.351 e. The van der Waals surface area contributed by atoms with E-state index in [0.29, 0.717) is 15.8 Å². The van der Waals surface area contributed by atoms with E-state index in [2.05, 4.69) is 37.2 Å². The van der Waals surface area contributed by atoms with Gasteiger partial charge in [-0.3, -0.25) is 9.78 Å². The topological polar surface area (TPSA) is 62.2 Å². The van der Waals surface area contributed by atoms with Gasteiger partial charge in [-0.2, -0.15) is 0 Å². The molecule has 2 aromatic heterocycles. The van der Waals surface area contributed by atoms with Gasteiger partial charge in [0.15, 0.2) is 5.11 Å². The molecule has 0 saturated carbocycles. The molecular weight excluding hydrogens is 537 g/mol. The van der Waals surface area contributed by atoms with Crippen LogP contribution in [-0.2, 0) is 4.79 Å². The monoisotopic (exact) mass is 563 g/mol. The van der Waals surface area contributed by atoms with E-state index in [0.717, 1.165) is 33.3 Å². The van der Waals surface area contributed by atoms with Gasteiger partial charge < -0.3 is 20.1 Å². The average molecular weight is 565 g/mol. The number of nitrogens with one attached hydrogen (secondary N) is 2. The molecular formula is C29H27Cl2N5OS. The van der Waals surface area contributed by atoms with Gasteiger partial charge in [0.1, 0.15) is 6.04 Å². The number of hydrogen-bond acceptors (Lipinski definition) is 3. The fraction of sp³-hybridized carbons (Fsp3) is 0.207. The summed E-state index contributed by atoms with van der Waals surface area (Å²) < 4.78 is 2.14. The Hall–Kier alpha value is -3.39. The zero-order chi connectivity index (χ0) is 27.0. The number of carbonyl (C=O) groups is 1. The molecule has 3 heterocycles. The highest BCUT2D eigenvalue weighted by molar-refractivity contribution is 7.80. The van der Waals surface area contributed by atoms with E-state index in [-0.39, 0.29) is 23.9 Å². The summed E-state index contributed by atoms with van der Waals surface area (Å²) in [6.45, 7) is 5.67. The summed E-state index contributed by atoms with van der Waals surface area (Å²) in [7, 11) is 0. The molecule has 1 aliphatic heterocycles. The second kappa shape index (κ2) is 10.8. The van der Waals surface area contributed by atoms with Crippen LogP contribution in [0.4, 0.5) is 11.4 Å². The Morgan fingerprint density at radius 2 is 1.82 bits per heavy atom. The van der Waals surface area contributed by atoms with Crippen molar-refractivity contribution in [1.29, 1.82) is 0 Å². The molecule has 1 aliphatic rings. The molecule has 2 aromatic carbocycles. The zero-order valence-corrected chi connectivity index (χ0v) is 23.5. The Bertz CT molecular complexity index is 1500. The van der Waals surface area contributed by atoms with Crippen molar-refractivity contribution in [3.8, 4) is 5.69 Å². The van der Waals surface area contributed by atoms with Crippen molar-refractivity contribution in [2.45, 2.75) is 32.9 Å². The number of thiocarbonyl (C=S) groups is 1. The van der Waals surface area contributed by atoms with Gasteiger partial charge in [-0.15, -0.1) is 0 Å². The summed E-state index contributed by atoms with van der Waals surface area (Å²) in [4.78, 5) is 19.0.